The second kappa shape index (κ2) is 8.34. The number of nitrogens with two attached hydrogens (primary N) is 1. The first-order chi connectivity index (χ1) is 8.77. The van der Waals surface area contributed by atoms with Gasteiger partial charge in [-0.1, -0.05) is 20.3 Å². The maximum absolute atomic E-state index is 11.8. The molecule has 0 saturated carbocycles. The SMILES string of the molecule is CCC(C)CN(C)C(=O)NC(CCC(N)=O)C(=O)O. The fourth-order valence-electron chi connectivity index (χ4n) is 1.48. The highest BCUT2D eigenvalue weighted by molar-refractivity contribution is 5.83. The molecule has 4 N–H and O–H groups in total. The molecular weight excluding hydrogens is 250 g/mol. The molecule has 0 aliphatic carbocycles. The Morgan fingerprint density at radius 2 is 1.95 bits per heavy atom. The van der Waals surface area contributed by atoms with E-state index in [-0.39, 0.29) is 12.8 Å². The third-order valence-corrected chi connectivity index (χ3v) is 2.90. The molecule has 2 unspecified atom stereocenters. The van der Waals surface area contributed by atoms with Gasteiger partial charge in [0.1, 0.15) is 6.04 Å². The zero-order valence-electron chi connectivity index (χ0n) is 11.7. The first-order valence-corrected chi connectivity index (χ1v) is 6.30. The van der Waals surface area contributed by atoms with Crippen LogP contribution in [0.4, 0.5) is 4.79 Å². The zero-order chi connectivity index (χ0) is 15.0. The topological polar surface area (TPSA) is 113 Å². The van der Waals surface area contributed by atoms with Crippen molar-refractivity contribution in [1.29, 1.82) is 0 Å². The Kier molecular flexibility index (Phi) is 7.55. The maximum atomic E-state index is 11.8. The van der Waals surface area contributed by atoms with Crippen LogP contribution in [0.25, 0.3) is 0 Å². The highest BCUT2D eigenvalue weighted by Gasteiger charge is 2.22. The summed E-state index contributed by atoms with van der Waals surface area (Å²) in [6, 6.07) is -1.56. The molecule has 7 heteroatoms. The summed E-state index contributed by atoms with van der Waals surface area (Å²) in [6.07, 6.45) is 0.849. The lowest BCUT2D eigenvalue weighted by Crippen LogP contribution is -2.47. The molecule has 0 saturated heterocycles. The van der Waals surface area contributed by atoms with E-state index in [0.717, 1.165) is 6.42 Å². The predicted molar refractivity (Wildman–Crippen MR) is 70.5 cm³/mol. The number of rotatable bonds is 8. The number of urea groups is 1. The van der Waals surface area contributed by atoms with Gasteiger partial charge in [-0.15, -0.1) is 0 Å². The molecule has 0 aliphatic heterocycles. The summed E-state index contributed by atoms with van der Waals surface area (Å²) in [7, 11) is 1.61. The molecule has 0 aromatic carbocycles. The molecule has 0 bridgehead atoms. The number of nitrogens with zero attached hydrogens (tertiary/aromatic N) is 1. The molecule has 0 radical (unpaired) electrons. The molecule has 19 heavy (non-hydrogen) atoms. The van der Waals surface area contributed by atoms with Crippen molar-refractivity contribution in [3.05, 3.63) is 0 Å². The molecule has 0 rings (SSSR count). The van der Waals surface area contributed by atoms with Crippen molar-refractivity contribution in [3.63, 3.8) is 0 Å². The average Bonchev–Trinajstić information content (AvgIpc) is 2.32. The number of nitrogens with one attached hydrogen (secondary N) is 1. The standard InChI is InChI=1S/C12H23N3O4/c1-4-8(2)7-15(3)12(19)14-9(11(17)18)5-6-10(13)16/h8-9H,4-7H2,1-3H3,(H2,13,16)(H,14,19)(H,17,18). The molecule has 0 aliphatic rings. The minimum absolute atomic E-state index is 0.00637. The minimum Gasteiger partial charge on any atom is -0.480 e. The Bertz CT molecular complexity index is 333. The Balaban J connectivity index is 4.37. The van der Waals surface area contributed by atoms with E-state index in [1.807, 2.05) is 13.8 Å². The third kappa shape index (κ3) is 7.28. The van der Waals surface area contributed by atoms with Crippen LogP contribution >= 0.6 is 0 Å². The van der Waals surface area contributed by atoms with E-state index in [0.29, 0.717) is 12.5 Å². The second-order valence-corrected chi connectivity index (χ2v) is 4.74. The molecule has 110 valence electrons. The number of aliphatic carboxylic acids is 1. The molecule has 3 amide bonds. The van der Waals surface area contributed by atoms with Crippen LogP contribution in [-0.4, -0.2) is 47.5 Å². The average molecular weight is 273 g/mol. The Morgan fingerprint density at radius 1 is 1.37 bits per heavy atom. The van der Waals surface area contributed by atoms with E-state index in [1.54, 1.807) is 7.05 Å². The van der Waals surface area contributed by atoms with E-state index in [1.165, 1.54) is 4.90 Å². The lowest BCUT2D eigenvalue weighted by Gasteiger charge is -2.23. The Hall–Kier alpha value is -1.79. The summed E-state index contributed by atoms with van der Waals surface area (Å²) in [5, 5.41) is 11.3. The van der Waals surface area contributed by atoms with Crippen LogP contribution in [0.5, 0.6) is 0 Å². The monoisotopic (exact) mass is 273 g/mol. The van der Waals surface area contributed by atoms with Crippen molar-refractivity contribution in [3.8, 4) is 0 Å². The lowest BCUT2D eigenvalue weighted by molar-refractivity contribution is -0.139. The molecule has 7 nitrogen and oxygen atoms in total. The van der Waals surface area contributed by atoms with Crippen LogP contribution < -0.4 is 11.1 Å². The summed E-state index contributed by atoms with van der Waals surface area (Å²) >= 11 is 0. The fourth-order valence-corrected chi connectivity index (χ4v) is 1.48. The van der Waals surface area contributed by atoms with Crippen molar-refractivity contribution in [2.45, 2.75) is 39.2 Å². The van der Waals surface area contributed by atoms with Crippen molar-refractivity contribution in [1.82, 2.24) is 10.2 Å². The van der Waals surface area contributed by atoms with Gasteiger partial charge in [0.05, 0.1) is 0 Å². The van der Waals surface area contributed by atoms with Gasteiger partial charge in [-0.05, 0) is 12.3 Å². The summed E-state index contributed by atoms with van der Waals surface area (Å²) < 4.78 is 0. The van der Waals surface area contributed by atoms with Gasteiger partial charge >= 0.3 is 12.0 Å². The zero-order valence-corrected chi connectivity index (χ0v) is 11.7. The number of hydrogen-bond acceptors (Lipinski definition) is 3. The Morgan fingerprint density at radius 3 is 2.37 bits per heavy atom. The van der Waals surface area contributed by atoms with Gasteiger partial charge in [0.15, 0.2) is 0 Å². The highest BCUT2D eigenvalue weighted by atomic mass is 16.4. The minimum atomic E-state index is -1.17. The molecule has 0 heterocycles. The number of primary amides is 1. The first kappa shape index (κ1) is 17.2. The molecular formula is C12H23N3O4. The van der Waals surface area contributed by atoms with Crippen LogP contribution in [0.2, 0.25) is 0 Å². The molecule has 0 spiro atoms. The van der Waals surface area contributed by atoms with Crippen LogP contribution in [0.1, 0.15) is 33.1 Å². The molecule has 0 aromatic rings. The Labute approximate surface area is 113 Å². The quantitative estimate of drug-likeness (QED) is 0.593. The van der Waals surface area contributed by atoms with Gasteiger partial charge in [0.25, 0.3) is 0 Å². The van der Waals surface area contributed by atoms with E-state index < -0.39 is 23.9 Å². The highest BCUT2D eigenvalue weighted by Crippen LogP contribution is 2.04. The largest absolute Gasteiger partial charge is 0.480 e. The summed E-state index contributed by atoms with van der Waals surface area (Å²) in [5.74, 6) is -1.43. The van der Waals surface area contributed by atoms with E-state index in [4.69, 9.17) is 10.8 Å². The van der Waals surface area contributed by atoms with Gasteiger partial charge in [-0.3, -0.25) is 4.79 Å². The molecule has 0 fully saturated rings. The number of carboxylic acids is 1. The summed E-state index contributed by atoms with van der Waals surface area (Å²) in [5.41, 5.74) is 4.96. The summed E-state index contributed by atoms with van der Waals surface area (Å²) in [6.45, 7) is 4.57. The van der Waals surface area contributed by atoms with Crippen molar-refractivity contribution in [2.24, 2.45) is 11.7 Å². The first-order valence-electron chi connectivity index (χ1n) is 6.30. The van der Waals surface area contributed by atoms with Crippen molar-refractivity contribution < 1.29 is 19.5 Å². The van der Waals surface area contributed by atoms with E-state index in [2.05, 4.69) is 5.32 Å². The number of carboxylic acid groups (broad SMARTS) is 1. The van der Waals surface area contributed by atoms with E-state index in [9.17, 15) is 14.4 Å². The van der Waals surface area contributed by atoms with Crippen LogP contribution in [0.3, 0.4) is 0 Å². The fraction of sp³-hybridized carbons (Fsp3) is 0.750. The number of hydrogen-bond donors (Lipinski definition) is 3. The van der Waals surface area contributed by atoms with Crippen LogP contribution in [0, 0.1) is 5.92 Å². The molecule has 0 aromatic heterocycles. The maximum Gasteiger partial charge on any atom is 0.326 e. The van der Waals surface area contributed by atoms with Crippen LogP contribution in [0.15, 0.2) is 0 Å². The van der Waals surface area contributed by atoms with Gasteiger partial charge in [-0.2, -0.15) is 0 Å². The number of amides is 3. The van der Waals surface area contributed by atoms with Crippen molar-refractivity contribution in [2.75, 3.05) is 13.6 Å². The van der Waals surface area contributed by atoms with Gasteiger partial charge < -0.3 is 21.1 Å². The lowest BCUT2D eigenvalue weighted by atomic mass is 10.1. The van der Waals surface area contributed by atoms with Gasteiger partial charge in [0.2, 0.25) is 5.91 Å². The van der Waals surface area contributed by atoms with Crippen molar-refractivity contribution >= 4 is 17.9 Å². The summed E-state index contributed by atoms with van der Waals surface area (Å²) in [4.78, 5) is 34.8. The molecule has 2 atom stereocenters. The number of carbonyl (C=O) groups is 3. The van der Waals surface area contributed by atoms with Crippen LogP contribution in [-0.2, 0) is 9.59 Å². The normalized spacial score (nSPS) is 13.4. The predicted octanol–water partition coefficient (Wildman–Crippen LogP) is 0.393. The number of carbonyl (C=O) groups excluding carboxylic acids is 2. The van der Waals surface area contributed by atoms with E-state index >= 15 is 0 Å². The van der Waals surface area contributed by atoms with Gasteiger partial charge in [-0.25, -0.2) is 9.59 Å². The smallest absolute Gasteiger partial charge is 0.326 e. The second-order valence-electron chi connectivity index (χ2n) is 4.74. The third-order valence-electron chi connectivity index (χ3n) is 2.90. The van der Waals surface area contributed by atoms with Gasteiger partial charge in [0, 0.05) is 20.0 Å².